The summed E-state index contributed by atoms with van der Waals surface area (Å²) in [6.45, 7) is 8.18. The molecule has 2 atom stereocenters. The van der Waals surface area contributed by atoms with Crippen LogP contribution in [0.15, 0.2) is 18.2 Å². The maximum absolute atomic E-state index is 9.55. The molecule has 4 heteroatoms. The fraction of sp³-hybridized carbons (Fsp3) is 0.588. The molecule has 0 unspecified atom stereocenters. The van der Waals surface area contributed by atoms with Gasteiger partial charge in [0.25, 0.3) is 0 Å². The highest BCUT2D eigenvalue weighted by Gasteiger charge is 2.40. The summed E-state index contributed by atoms with van der Waals surface area (Å²) < 4.78 is 11.0. The number of hydrogen-bond acceptors (Lipinski definition) is 4. The van der Waals surface area contributed by atoms with Gasteiger partial charge in [0.2, 0.25) is 0 Å². The maximum Gasteiger partial charge on any atom is 0.126 e. The molecule has 0 amide bonds. The minimum atomic E-state index is -0.0468. The zero-order valence-corrected chi connectivity index (χ0v) is 13.5. The third kappa shape index (κ3) is 2.98. The maximum atomic E-state index is 9.55. The van der Waals surface area contributed by atoms with Crippen LogP contribution in [0.2, 0.25) is 0 Å². The second-order valence-corrected chi connectivity index (χ2v) is 6.49. The summed E-state index contributed by atoms with van der Waals surface area (Å²) in [4.78, 5) is 2.36. The van der Waals surface area contributed by atoms with Gasteiger partial charge >= 0.3 is 0 Å². The fourth-order valence-corrected chi connectivity index (χ4v) is 3.02. The molecule has 1 aliphatic heterocycles. The first-order chi connectivity index (χ1) is 9.92. The number of benzene rings is 1. The van der Waals surface area contributed by atoms with Crippen molar-refractivity contribution in [2.24, 2.45) is 5.92 Å². The first kappa shape index (κ1) is 15.7. The molecule has 0 N–H and O–H groups in total. The van der Waals surface area contributed by atoms with Gasteiger partial charge in [-0.05, 0) is 32.9 Å². The second kappa shape index (κ2) is 5.95. The van der Waals surface area contributed by atoms with Crippen molar-refractivity contribution in [1.29, 1.82) is 5.26 Å². The van der Waals surface area contributed by atoms with Crippen molar-refractivity contribution in [2.75, 3.05) is 27.3 Å². The fourth-order valence-electron chi connectivity index (χ4n) is 3.02. The van der Waals surface area contributed by atoms with Crippen LogP contribution in [0.4, 0.5) is 0 Å². The van der Waals surface area contributed by atoms with E-state index in [-0.39, 0.29) is 17.4 Å². The normalized spacial score (nSPS) is 22.9. The van der Waals surface area contributed by atoms with Gasteiger partial charge in [-0.25, -0.2) is 0 Å². The van der Waals surface area contributed by atoms with Gasteiger partial charge in [0.1, 0.15) is 11.5 Å². The van der Waals surface area contributed by atoms with E-state index in [9.17, 15) is 5.26 Å². The van der Waals surface area contributed by atoms with E-state index < -0.39 is 0 Å². The van der Waals surface area contributed by atoms with E-state index in [0.717, 1.165) is 30.2 Å². The molecule has 21 heavy (non-hydrogen) atoms. The SMILES string of the molecule is COc1cccc(OC)c1[C@H]1CN(C(C)(C)C)C[C@@H]1C#N. The first-order valence-electron chi connectivity index (χ1n) is 7.28. The summed E-state index contributed by atoms with van der Waals surface area (Å²) >= 11 is 0. The average Bonchev–Trinajstić information content (AvgIpc) is 2.90. The number of nitrogens with zero attached hydrogens (tertiary/aromatic N) is 2. The van der Waals surface area contributed by atoms with Crippen LogP contribution in [0.1, 0.15) is 32.3 Å². The lowest BCUT2D eigenvalue weighted by molar-refractivity contribution is 0.170. The Morgan fingerprint density at radius 3 is 2.14 bits per heavy atom. The van der Waals surface area contributed by atoms with Crippen LogP contribution in [-0.4, -0.2) is 37.7 Å². The van der Waals surface area contributed by atoms with Crippen molar-refractivity contribution in [1.82, 2.24) is 4.90 Å². The molecule has 114 valence electrons. The predicted octanol–water partition coefficient (Wildman–Crippen LogP) is 3.04. The van der Waals surface area contributed by atoms with Gasteiger partial charge in [0.15, 0.2) is 0 Å². The number of hydrogen-bond donors (Lipinski definition) is 0. The lowest BCUT2D eigenvalue weighted by Gasteiger charge is -2.31. The number of likely N-dealkylation sites (tertiary alicyclic amines) is 1. The molecule has 1 saturated heterocycles. The topological polar surface area (TPSA) is 45.5 Å². The van der Waals surface area contributed by atoms with Gasteiger partial charge in [0.05, 0.1) is 26.2 Å². The highest BCUT2D eigenvalue weighted by atomic mass is 16.5. The Morgan fingerprint density at radius 2 is 1.71 bits per heavy atom. The molecular weight excluding hydrogens is 264 g/mol. The molecule has 2 rings (SSSR count). The van der Waals surface area contributed by atoms with E-state index in [1.165, 1.54) is 0 Å². The second-order valence-electron chi connectivity index (χ2n) is 6.49. The van der Waals surface area contributed by atoms with Crippen molar-refractivity contribution >= 4 is 0 Å². The van der Waals surface area contributed by atoms with Gasteiger partial charge in [0, 0.05) is 30.1 Å². The highest BCUT2D eigenvalue weighted by Crippen LogP contribution is 2.43. The van der Waals surface area contributed by atoms with Crippen LogP contribution in [-0.2, 0) is 0 Å². The zero-order valence-electron chi connectivity index (χ0n) is 13.5. The molecule has 0 spiro atoms. The Hall–Kier alpha value is -1.73. The Morgan fingerprint density at radius 1 is 1.14 bits per heavy atom. The van der Waals surface area contributed by atoms with Crippen LogP contribution >= 0.6 is 0 Å². The van der Waals surface area contributed by atoms with Crippen molar-refractivity contribution in [2.45, 2.75) is 32.2 Å². The molecule has 1 aromatic rings. The van der Waals surface area contributed by atoms with Gasteiger partial charge in [-0.15, -0.1) is 0 Å². The number of rotatable bonds is 3. The molecule has 0 radical (unpaired) electrons. The molecule has 0 aromatic heterocycles. The summed E-state index contributed by atoms with van der Waals surface area (Å²) in [6.07, 6.45) is 0. The average molecular weight is 288 g/mol. The molecule has 4 nitrogen and oxygen atoms in total. The number of ether oxygens (including phenoxy) is 2. The van der Waals surface area contributed by atoms with E-state index in [0.29, 0.717) is 0 Å². The van der Waals surface area contributed by atoms with E-state index in [1.807, 2.05) is 18.2 Å². The van der Waals surface area contributed by atoms with Crippen LogP contribution in [0.3, 0.4) is 0 Å². The van der Waals surface area contributed by atoms with Gasteiger partial charge in [-0.1, -0.05) is 6.07 Å². The van der Waals surface area contributed by atoms with E-state index in [2.05, 4.69) is 31.7 Å². The minimum absolute atomic E-state index is 0.0468. The van der Waals surface area contributed by atoms with Crippen molar-refractivity contribution in [3.63, 3.8) is 0 Å². The smallest absolute Gasteiger partial charge is 0.126 e. The summed E-state index contributed by atoms with van der Waals surface area (Å²) in [5.41, 5.74) is 1.07. The van der Waals surface area contributed by atoms with E-state index in [4.69, 9.17) is 9.47 Å². The molecule has 0 aliphatic carbocycles. The number of nitriles is 1. The van der Waals surface area contributed by atoms with Crippen LogP contribution in [0, 0.1) is 17.2 Å². The van der Waals surface area contributed by atoms with Crippen molar-refractivity contribution < 1.29 is 9.47 Å². The minimum Gasteiger partial charge on any atom is -0.496 e. The summed E-state index contributed by atoms with van der Waals surface area (Å²) in [6, 6.07) is 8.25. The Labute approximate surface area is 127 Å². The molecule has 1 heterocycles. The largest absolute Gasteiger partial charge is 0.496 e. The summed E-state index contributed by atoms with van der Waals surface area (Å²) in [7, 11) is 3.33. The molecular formula is C17H24N2O2. The summed E-state index contributed by atoms with van der Waals surface area (Å²) in [5.74, 6) is 1.67. The lowest BCUT2D eigenvalue weighted by atomic mass is 9.88. The zero-order chi connectivity index (χ0) is 15.6. The quantitative estimate of drug-likeness (QED) is 0.857. The molecule has 0 saturated carbocycles. The Balaban J connectivity index is 2.44. The van der Waals surface area contributed by atoms with Crippen molar-refractivity contribution in [3.05, 3.63) is 23.8 Å². The first-order valence-corrected chi connectivity index (χ1v) is 7.28. The standard InChI is InChI=1S/C17H24N2O2/c1-17(2,3)19-10-12(9-18)13(11-19)16-14(20-4)7-6-8-15(16)21-5/h6-8,12-13H,10-11H2,1-5H3/t12-,13-/m0/s1. The van der Waals surface area contributed by atoms with Gasteiger partial charge < -0.3 is 9.47 Å². The molecule has 1 aromatic carbocycles. The Bertz CT molecular complexity index is 520. The predicted molar refractivity (Wildman–Crippen MR) is 82.7 cm³/mol. The number of methoxy groups -OCH3 is 2. The highest BCUT2D eigenvalue weighted by molar-refractivity contribution is 5.48. The third-order valence-corrected chi connectivity index (χ3v) is 4.27. The van der Waals surface area contributed by atoms with E-state index in [1.54, 1.807) is 14.2 Å². The van der Waals surface area contributed by atoms with Crippen molar-refractivity contribution in [3.8, 4) is 17.6 Å². The Kier molecular flexibility index (Phi) is 4.43. The van der Waals surface area contributed by atoms with Gasteiger partial charge in [-0.3, -0.25) is 4.90 Å². The van der Waals surface area contributed by atoms with Crippen LogP contribution in [0.5, 0.6) is 11.5 Å². The lowest BCUT2D eigenvalue weighted by Crippen LogP contribution is -2.39. The third-order valence-electron chi connectivity index (χ3n) is 4.27. The molecule has 1 fully saturated rings. The molecule has 1 aliphatic rings. The van der Waals surface area contributed by atoms with Crippen LogP contribution in [0.25, 0.3) is 0 Å². The monoisotopic (exact) mass is 288 g/mol. The summed E-state index contributed by atoms with van der Waals surface area (Å²) in [5, 5.41) is 9.55. The molecule has 0 bridgehead atoms. The van der Waals surface area contributed by atoms with Crippen LogP contribution < -0.4 is 9.47 Å². The van der Waals surface area contributed by atoms with E-state index >= 15 is 0 Å². The van der Waals surface area contributed by atoms with Gasteiger partial charge in [-0.2, -0.15) is 5.26 Å².